The van der Waals surface area contributed by atoms with Crippen LogP contribution in [0.5, 0.6) is 0 Å². The van der Waals surface area contributed by atoms with Crippen LogP contribution in [0.2, 0.25) is 0 Å². The topological polar surface area (TPSA) is 40.5 Å². The number of carboxylic acids is 1. The standard InChI is InChI=1S/C12H17NO2S/c1-2-6-13-7-4-3-5-9-8-10(12(14)15)16-11(9)13/h8H,2-7H2,1H3,(H,14,15). The van der Waals surface area contributed by atoms with E-state index >= 15 is 0 Å². The second-order valence-corrected chi connectivity index (χ2v) is 5.22. The van der Waals surface area contributed by atoms with Crippen molar-refractivity contribution in [3.8, 4) is 0 Å². The second kappa shape index (κ2) is 4.87. The quantitative estimate of drug-likeness (QED) is 0.881. The van der Waals surface area contributed by atoms with Gasteiger partial charge in [-0.05, 0) is 37.3 Å². The molecule has 1 aliphatic heterocycles. The van der Waals surface area contributed by atoms with Crippen LogP contribution in [0.25, 0.3) is 0 Å². The maximum atomic E-state index is 11.0. The SMILES string of the molecule is CCCN1CCCCc2cc(C(=O)O)sc21. The summed E-state index contributed by atoms with van der Waals surface area (Å²) in [6, 6.07) is 1.86. The average Bonchev–Trinajstić information content (AvgIpc) is 2.59. The van der Waals surface area contributed by atoms with Gasteiger partial charge in [0.05, 0.1) is 5.00 Å². The molecule has 0 amide bonds. The molecule has 0 radical (unpaired) electrons. The van der Waals surface area contributed by atoms with E-state index in [0.29, 0.717) is 4.88 Å². The minimum Gasteiger partial charge on any atom is -0.477 e. The molecule has 0 saturated heterocycles. The number of hydrogen-bond acceptors (Lipinski definition) is 3. The predicted octanol–water partition coefficient (Wildman–Crippen LogP) is 3.00. The Bertz CT molecular complexity index is 386. The van der Waals surface area contributed by atoms with E-state index in [1.54, 1.807) is 0 Å². The Morgan fingerprint density at radius 2 is 2.38 bits per heavy atom. The zero-order chi connectivity index (χ0) is 11.5. The molecule has 88 valence electrons. The van der Waals surface area contributed by atoms with Gasteiger partial charge < -0.3 is 10.0 Å². The largest absolute Gasteiger partial charge is 0.477 e. The number of aromatic carboxylic acids is 1. The van der Waals surface area contributed by atoms with Crippen molar-refractivity contribution in [3.05, 3.63) is 16.5 Å². The molecule has 1 N–H and O–H groups in total. The number of thiophene rings is 1. The lowest BCUT2D eigenvalue weighted by molar-refractivity contribution is 0.0702. The Morgan fingerprint density at radius 3 is 3.06 bits per heavy atom. The molecular formula is C12H17NO2S. The molecule has 1 aliphatic rings. The van der Waals surface area contributed by atoms with Gasteiger partial charge in [0, 0.05) is 13.1 Å². The van der Waals surface area contributed by atoms with E-state index in [2.05, 4.69) is 11.8 Å². The second-order valence-electron chi connectivity index (χ2n) is 4.19. The Kier molecular flexibility index (Phi) is 3.49. The van der Waals surface area contributed by atoms with Crippen molar-refractivity contribution in [3.63, 3.8) is 0 Å². The van der Waals surface area contributed by atoms with Gasteiger partial charge in [-0.2, -0.15) is 0 Å². The summed E-state index contributed by atoms with van der Waals surface area (Å²) in [6.45, 7) is 4.27. The molecule has 3 nitrogen and oxygen atoms in total. The first-order valence-electron chi connectivity index (χ1n) is 5.83. The molecule has 0 unspecified atom stereocenters. The molecule has 0 bridgehead atoms. The van der Waals surface area contributed by atoms with Crippen LogP contribution < -0.4 is 4.90 Å². The normalized spacial score (nSPS) is 15.7. The monoisotopic (exact) mass is 239 g/mol. The molecule has 0 fully saturated rings. The summed E-state index contributed by atoms with van der Waals surface area (Å²) in [5.41, 5.74) is 1.23. The first-order chi connectivity index (χ1) is 7.72. The van der Waals surface area contributed by atoms with Gasteiger partial charge in [-0.1, -0.05) is 6.92 Å². The van der Waals surface area contributed by atoms with Crippen molar-refractivity contribution in [1.29, 1.82) is 0 Å². The zero-order valence-corrected chi connectivity index (χ0v) is 10.3. The number of aryl methyl sites for hydroxylation is 1. The van der Waals surface area contributed by atoms with E-state index in [-0.39, 0.29) is 0 Å². The predicted molar refractivity (Wildman–Crippen MR) is 66.7 cm³/mol. The van der Waals surface area contributed by atoms with Crippen LogP contribution in [-0.4, -0.2) is 24.2 Å². The molecule has 0 spiro atoms. The highest BCUT2D eigenvalue weighted by atomic mass is 32.1. The molecule has 0 saturated carbocycles. The van der Waals surface area contributed by atoms with Gasteiger partial charge in [0.1, 0.15) is 4.88 Å². The zero-order valence-electron chi connectivity index (χ0n) is 9.53. The van der Waals surface area contributed by atoms with E-state index in [4.69, 9.17) is 5.11 Å². The van der Waals surface area contributed by atoms with Crippen LogP contribution >= 0.6 is 11.3 Å². The summed E-state index contributed by atoms with van der Waals surface area (Å²) in [7, 11) is 0. The van der Waals surface area contributed by atoms with Gasteiger partial charge in [0.2, 0.25) is 0 Å². The molecule has 16 heavy (non-hydrogen) atoms. The van der Waals surface area contributed by atoms with Crippen molar-refractivity contribution >= 4 is 22.3 Å². The minimum atomic E-state index is -0.797. The lowest BCUT2D eigenvalue weighted by Crippen LogP contribution is -2.23. The fourth-order valence-electron chi connectivity index (χ4n) is 2.17. The number of carbonyl (C=O) groups is 1. The van der Waals surface area contributed by atoms with Crippen LogP contribution in [-0.2, 0) is 6.42 Å². The van der Waals surface area contributed by atoms with Crippen molar-refractivity contribution < 1.29 is 9.90 Å². The van der Waals surface area contributed by atoms with Crippen LogP contribution in [0.3, 0.4) is 0 Å². The van der Waals surface area contributed by atoms with Gasteiger partial charge in [-0.3, -0.25) is 0 Å². The molecule has 4 heteroatoms. The number of carboxylic acid groups (broad SMARTS) is 1. The summed E-state index contributed by atoms with van der Waals surface area (Å²) in [6.07, 6.45) is 4.52. The maximum absolute atomic E-state index is 11.0. The maximum Gasteiger partial charge on any atom is 0.345 e. The number of hydrogen-bond donors (Lipinski definition) is 1. The third kappa shape index (κ3) is 2.21. The third-order valence-corrected chi connectivity index (χ3v) is 4.13. The highest BCUT2D eigenvalue weighted by Gasteiger charge is 2.20. The van der Waals surface area contributed by atoms with E-state index in [1.807, 2.05) is 6.07 Å². The summed E-state index contributed by atoms with van der Waals surface area (Å²) >= 11 is 1.43. The van der Waals surface area contributed by atoms with E-state index in [1.165, 1.54) is 34.7 Å². The molecule has 0 aromatic carbocycles. The average molecular weight is 239 g/mol. The lowest BCUT2D eigenvalue weighted by Gasteiger charge is -2.21. The van der Waals surface area contributed by atoms with Gasteiger partial charge in [-0.25, -0.2) is 4.79 Å². The first kappa shape index (κ1) is 11.5. The lowest BCUT2D eigenvalue weighted by atomic mass is 10.1. The van der Waals surface area contributed by atoms with Gasteiger partial charge in [0.15, 0.2) is 0 Å². The highest BCUT2D eigenvalue weighted by Crippen LogP contribution is 2.35. The molecular weight excluding hydrogens is 222 g/mol. The van der Waals surface area contributed by atoms with E-state index in [0.717, 1.165) is 25.9 Å². The van der Waals surface area contributed by atoms with Gasteiger partial charge in [-0.15, -0.1) is 11.3 Å². The van der Waals surface area contributed by atoms with Crippen molar-refractivity contribution in [1.82, 2.24) is 0 Å². The molecule has 0 aliphatic carbocycles. The summed E-state index contributed by atoms with van der Waals surface area (Å²) in [5.74, 6) is -0.797. The molecule has 2 rings (SSSR count). The van der Waals surface area contributed by atoms with E-state index < -0.39 is 5.97 Å². The smallest absolute Gasteiger partial charge is 0.345 e. The molecule has 1 aromatic heterocycles. The van der Waals surface area contributed by atoms with Crippen molar-refractivity contribution in [2.45, 2.75) is 32.6 Å². The molecule has 1 aromatic rings. The van der Waals surface area contributed by atoms with Crippen LogP contribution in [0.15, 0.2) is 6.07 Å². The van der Waals surface area contributed by atoms with Gasteiger partial charge in [0.25, 0.3) is 0 Å². The molecule has 2 heterocycles. The fourth-order valence-corrected chi connectivity index (χ4v) is 3.27. The van der Waals surface area contributed by atoms with Crippen LogP contribution in [0.4, 0.5) is 5.00 Å². The van der Waals surface area contributed by atoms with Crippen molar-refractivity contribution in [2.24, 2.45) is 0 Å². The Labute approximate surface area is 99.7 Å². The summed E-state index contributed by atoms with van der Waals surface area (Å²) < 4.78 is 0. The third-order valence-electron chi connectivity index (χ3n) is 2.90. The first-order valence-corrected chi connectivity index (χ1v) is 6.65. The fraction of sp³-hybridized carbons (Fsp3) is 0.583. The van der Waals surface area contributed by atoms with Crippen LogP contribution in [0.1, 0.15) is 41.4 Å². The number of anilines is 1. The van der Waals surface area contributed by atoms with E-state index in [9.17, 15) is 4.79 Å². The number of fused-ring (bicyclic) bond motifs is 1. The van der Waals surface area contributed by atoms with Crippen LogP contribution in [0, 0.1) is 0 Å². The minimum absolute atomic E-state index is 0.480. The summed E-state index contributed by atoms with van der Waals surface area (Å²) in [5, 5.41) is 10.2. The Morgan fingerprint density at radius 1 is 1.56 bits per heavy atom. The Balaban J connectivity index is 2.31. The highest BCUT2D eigenvalue weighted by molar-refractivity contribution is 7.18. The number of nitrogens with zero attached hydrogens (tertiary/aromatic N) is 1. The Hall–Kier alpha value is -1.03. The van der Waals surface area contributed by atoms with Gasteiger partial charge >= 0.3 is 5.97 Å². The van der Waals surface area contributed by atoms with Crippen molar-refractivity contribution in [2.75, 3.05) is 18.0 Å². The number of rotatable bonds is 3. The summed E-state index contributed by atoms with van der Waals surface area (Å²) in [4.78, 5) is 13.8. The molecule has 0 atom stereocenters.